The van der Waals surface area contributed by atoms with E-state index in [9.17, 15) is 14.4 Å². The molecule has 0 saturated carbocycles. The minimum Gasteiger partial charge on any atom is -0.318 e. The molecule has 0 bridgehead atoms. The van der Waals surface area contributed by atoms with E-state index in [2.05, 4.69) is 16.1 Å². The van der Waals surface area contributed by atoms with Crippen molar-refractivity contribution < 1.29 is 14.4 Å². The van der Waals surface area contributed by atoms with E-state index < -0.39 is 23.4 Å². The van der Waals surface area contributed by atoms with Gasteiger partial charge in [0, 0.05) is 11.1 Å². The standard InChI is InChI=1S/C20H21ClN4O3/c1-13(15-10-6-7-11-16(15)21)22-12-17(26)24-25-18(27)20(2,23-19(25)28)14-8-4-3-5-9-14/h3-11,13,22H,12H2,1-2H3,(H,23,28)(H,24,26)/t13-,20+/m0/s1. The van der Waals surface area contributed by atoms with Gasteiger partial charge in [-0.1, -0.05) is 60.1 Å². The maximum atomic E-state index is 12.8. The van der Waals surface area contributed by atoms with Crippen molar-refractivity contribution in [1.29, 1.82) is 0 Å². The van der Waals surface area contributed by atoms with Crippen LogP contribution in [0.2, 0.25) is 5.02 Å². The van der Waals surface area contributed by atoms with Gasteiger partial charge < -0.3 is 10.6 Å². The third-order valence-electron chi connectivity index (χ3n) is 4.72. The lowest BCUT2D eigenvalue weighted by molar-refractivity contribution is -0.138. The van der Waals surface area contributed by atoms with Gasteiger partial charge in [0.05, 0.1) is 6.54 Å². The summed E-state index contributed by atoms with van der Waals surface area (Å²) in [5.74, 6) is -1.06. The van der Waals surface area contributed by atoms with Crippen molar-refractivity contribution in [3.8, 4) is 0 Å². The SMILES string of the molecule is C[C@H](NCC(=O)NN1C(=O)N[C@](C)(c2ccccc2)C1=O)c1ccccc1Cl. The van der Waals surface area contributed by atoms with Crippen LogP contribution < -0.4 is 16.1 Å². The van der Waals surface area contributed by atoms with Crippen LogP contribution in [0.5, 0.6) is 0 Å². The molecule has 2 atom stereocenters. The van der Waals surface area contributed by atoms with Crippen LogP contribution >= 0.6 is 11.6 Å². The van der Waals surface area contributed by atoms with E-state index in [4.69, 9.17) is 11.6 Å². The average molecular weight is 401 g/mol. The Morgan fingerprint density at radius 1 is 1.14 bits per heavy atom. The third-order valence-corrected chi connectivity index (χ3v) is 5.06. The van der Waals surface area contributed by atoms with E-state index in [-0.39, 0.29) is 12.6 Å². The highest BCUT2D eigenvalue weighted by atomic mass is 35.5. The first kappa shape index (κ1) is 19.9. The minimum absolute atomic E-state index is 0.0918. The van der Waals surface area contributed by atoms with Crippen molar-refractivity contribution in [3.63, 3.8) is 0 Å². The summed E-state index contributed by atoms with van der Waals surface area (Å²) in [5, 5.41) is 6.98. The van der Waals surface area contributed by atoms with E-state index in [1.165, 1.54) is 0 Å². The number of hydrogen-bond acceptors (Lipinski definition) is 4. The monoisotopic (exact) mass is 400 g/mol. The van der Waals surface area contributed by atoms with Crippen molar-refractivity contribution in [1.82, 2.24) is 21.1 Å². The normalized spacial score (nSPS) is 20.0. The molecular weight excluding hydrogens is 380 g/mol. The van der Waals surface area contributed by atoms with E-state index in [1.807, 2.05) is 31.2 Å². The molecule has 8 heteroatoms. The molecule has 1 aliphatic rings. The molecule has 4 amide bonds. The number of benzene rings is 2. The van der Waals surface area contributed by atoms with Gasteiger partial charge in [0.2, 0.25) is 0 Å². The Labute approximate surface area is 168 Å². The zero-order valence-electron chi connectivity index (χ0n) is 15.5. The molecule has 146 valence electrons. The van der Waals surface area contributed by atoms with Gasteiger partial charge in [-0.3, -0.25) is 15.0 Å². The summed E-state index contributed by atoms with van der Waals surface area (Å²) in [6.45, 7) is 3.38. The lowest BCUT2D eigenvalue weighted by atomic mass is 9.92. The average Bonchev–Trinajstić information content (AvgIpc) is 2.91. The fraction of sp³-hybridized carbons (Fsp3) is 0.250. The van der Waals surface area contributed by atoms with E-state index in [1.54, 1.807) is 37.3 Å². The Kier molecular flexibility index (Phi) is 5.67. The Morgan fingerprint density at radius 2 is 1.79 bits per heavy atom. The lowest BCUT2D eigenvalue weighted by Gasteiger charge is -2.22. The highest BCUT2D eigenvalue weighted by molar-refractivity contribution is 6.31. The van der Waals surface area contributed by atoms with Crippen molar-refractivity contribution in [2.45, 2.75) is 25.4 Å². The molecule has 0 radical (unpaired) electrons. The number of nitrogens with one attached hydrogen (secondary N) is 3. The summed E-state index contributed by atoms with van der Waals surface area (Å²) in [6.07, 6.45) is 0. The summed E-state index contributed by atoms with van der Waals surface area (Å²) < 4.78 is 0. The molecule has 3 rings (SSSR count). The smallest absolute Gasteiger partial charge is 0.318 e. The zero-order valence-corrected chi connectivity index (χ0v) is 16.3. The van der Waals surface area contributed by atoms with Crippen LogP contribution in [0.25, 0.3) is 0 Å². The van der Waals surface area contributed by atoms with Crippen LogP contribution in [0.15, 0.2) is 54.6 Å². The fourth-order valence-electron chi connectivity index (χ4n) is 3.05. The lowest BCUT2D eigenvalue weighted by Crippen LogP contribution is -2.50. The predicted octanol–water partition coefficient (Wildman–Crippen LogP) is 2.49. The van der Waals surface area contributed by atoms with Gasteiger partial charge in [0.15, 0.2) is 0 Å². The van der Waals surface area contributed by atoms with Gasteiger partial charge in [-0.05, 0) is 31.0 Å². The maximum absolute atomic E-state index is 12.8. The highest BCUT2D eigenvalue weighted by Gasteiger charge is 2.49. The van der Waals surface area contributed by atoms with Crippen LogP contribution in [0.3, 0.4) is 0 Å². The molecule has 3 N–H and O–H groups in total. The molecule has 2 aromatic carbocycles. The van der Waals surface area contributed by atoms with E-state index in [0.717, 1.165) is 10.6 Å². The van der Waals surface area contributed by atoms with Crippen molar-refractivity contribution >= 4 is 29.4 Å². The number of amides is 4. The third kappa shape index (κ3) is 3.85. The van der Waals surface area contributed by atoms with Gasteiger partial charge in [0.25, 0.3) is 11.8 Å². The predicted molar refractivity (Wildman–Crippen MR) is 105 cm³/mol. The summed E-state index contributed by atoms with van der Waals surface area (Å²) in [6, 6.07) is 15.3. The quantitative estimate of drug-likeness (QED) is 0.650. The topological polar surface area (TPSA) is 90.5 Å². The molecule has 0 unspecified atom stereocenters. The number of carbonyl (C=O) groups excluding carboxylic acids is 3. The van der Waals surface area contributed by atoms with Gasteiger partial charge in [0.1, 0.15) is 5.54 Å². The van der Waals surface area contributed by atoms with Crippen LogP contribution in [0, 0.1) is 0 Å². The Hall–Kier alpha value is -2.90. The first-order chi connectivity index (χ1) is 13.3. The molecule has 0 aliphatic carbocycles. The number of nitrogens with zero attached hydrogens (tertiary/aromatic N) is 1. The second-order valence-corrected chi connectivity index (χ2v) is 7.13. The summed E-state index contributed by atoms with van der Waals surface area (Å²) in [4.78, 5) is 37.3. The van der Waals surface area contributed by atoms with Crippen molar-refractivity contribution in [2.75, 3.05) is 6.54 Å². The summed E-state index contributed by atoms with van der Waals surface area (Å²) in [5.41, 5.74) is 2.62. The number of halogens is 1. The molecular formula is C20H21ClN4O3. The number of carbonyl (C=O) groups is 3. The van der Waals surface area contributed by atoms with Gasteiger partial charge in [-0.15, -0.1) is 0 Å². The van der Waals surface area contributed by atoms with Crippen molar-refractivity contribution in [2.24, 2.45) is 0 Å². The fourth-order valence-corrected chi connectivity index (χ4v) is 3.35. The van der Waals surface area contributed by atoms with E-state index >= 15 is 0 Å². The number of hydrogen-bond donors (Lipinski definition) is 3. The zero-order chi connectivity index (χ0) is 20.3. The van der Waals surface area contributed by atoms with E-state index in [0.29, 0.717) is 10.6 Å². The molecule has 1 heterocycles. The summed E-state index contributed by atoms with van der Waals surface area (Å²) >= 11 is 6.15. The van der Waals surface area contributed by atoms with Crippen LogP contribution in [0.1, 0.15) is 31.0 Å². The van der Waals surface area contributed by atoms with Crippen molar-refractivity contribution in [3.05, 3.63) is 70.7 Å². The highest BCUT2D eigenvalue weighted by Crippen LogP contribution is 2.27. The maximum Gasteiger partial charge on any atom is 0.344 e. The Balaban J connectivity index is 1.62. The Bertz CT molecular complexity index is 905. The summed E-state index contributed by atoms with van der Waals surface area (Å²) in [7, 11) is 0. The number of imide groups is 1. The number of rotatable bonds is 6. The molecule has 28 heavy (non-hydrogen) atoms. The van der Waals surface area contributed by atoms with Crippen LogP contribution in [0.4, 0.5) is 4.79 Å². The molecule has 0 aromatic heterocycles. The molecule has 1 fully saturated rings. The molecule has 2 aromatic rings. The Morgan fingerprint density at radius 3 is 2.46 bits per heavy atom. The molecule has 1 aliphatic heterocycles. The number of urea groups is 1. The second kappa shape index (κ2) is 8.00. The first-order valence-electron chi connectivity index (χ1n) is 8.82. The largest absolute Gasteiger partial charge is 0.344 e. The number of hydrazine groups is 1. The van der Waals surface area contributed by atoms with Gasteiger partial charge in [-0.2, -0.15) is 5.01 Å². The minimum atomic E-state index is -1.23. The molecule has 1 saturated heterocycles. The molecule has 0 spiro atoms. The molecule has 7 nitrogen and oxygen atoms in total. The van der Waals surface area contributed by atoms with Gasteiger partial charge in [-0.25, -0.2) is 4.79 Å². The van der Waals surface area contributed by atoms with Crippen LogP contribution in [-0.4, -0.2) is 29.4 Å². The first-order valence-corrected chi connectivity index (χ1v) is 9.20. The van der Waals surface area contributed by atoms with Crippen LogP contribution in [-0.2, 0) is 15.1 Å². The second-order valence-electron chi connectivity index (χ2n) is 6.72. The van der Waals surface area contributed by atoms with Gasteiger partial charge >= 0.3 is 6.03 Å².